The molecule has 0 atom stereocenters. The highest BCUT2D eigenvalue weighted by atomic mass is 16.2. The standard InChI is InChI=1S/C20H22N4O2/c1-3-20(7-8-20)24-12-16(17(22)9-18(24)25)19(26)23-11-15-6-4-5-14(10-21)13(15)2/h4-6,9,12H,3,7-8,11,22H2,1-2H3,(H,23,26). The van der Waals surface area contributed by atoms with Crippen molar-refractivity contribution >= 4 is 11.6 Å². The van der Waals surface area contributed by atoms with Crippen LogP contribution < -0.4 is 16.6 Å². The van der Waals surface area contributed by atoms with E-state index in [2.05, 4.69) is 11.4 Å². The van der Waals surface area contributed by atoms with Crippen molar-refractivity contribution in [2.24, 2.45) is 0 Å². The van der Waals surface area contributed by atoms with Gasteiger partial charge in [0.25, 0.3) is 11.5 Å². The van der Waals surface area contributed by atoms with Gasteiger partial charge in [0.15, 0.2) is 0 Å². The summed E-state index contributed by atoms with van der Waals surface area (Å²) in [5, 5.41) is 12.0. The maximum Gasteiger partial charge on any atom is 0.255 e. The van der Waals surface area contributed by atoms with Crippen LogP contribution in [0, 0.1) is 18.3 Å². The van der Waals surface area contributed by atoms with Crippen molar-refractivity contribution in [3.8, 4) is 6.07 Å². The number of pyridine rings is 1. The van der Waals surface area contributed by atoms with E-state index in [0.29, 0.717) is 11.1 Å². The van der Waals surface area contributed by atoms with Gasteiger partial charge < -0.3 is 15.6 Å². The summed E-state index contributed by atoms with van der Waals surface area (Å²) in [5.41, 5.74) is 8.37. The normalized spacial score (nSPS) is 14.5. The zero-order valence-corrected chi connectivity index (χ0v) is 15.0. The minimum Gasteiger partial charge on any atom is -0.398 e. The van der Waals surface area contributed by atoms with Crippen LogP contribution in [0.3, 0.4) is 0 Å². The predicted molar refractivity (Wildman–Crippen MR) is 99.7 cm³/mol. The quantitative estimate of drug-likeness (QED) is 0.865. The molecular formula is C20H22N4O2. The topological polar surface area (TPSA) is 101 Å². The summed E-state index contributed by atoms with van der Waals surface area (Å²) in [7, 11) is 0. The molecule has 1 saturated carbocycles. The molecule has 3 rings (SSSR count). The van der Waals surface area contributed by atoms with Gasteiger partial charge in [-0.2, -0.15) is 5.26 Å². The van der Waals surface area contributed by atoms with Crippen molar-refractivity contribution in [1.29, 1.82) is 5.26 Å². The third kappa shape index (κ3) is 3.08. The number of aromatic nitrogens is 1. The van der Waals surface area contributed by atoms with Crippen molar-refractivity contribution in [3.63, 3.8) is 0 Å². The molecule has 1 heterocycles. The fourth-order valence-electron chi connectivity index (χ4n) is 3.28. The van der Waals surface area contributed by atoms with Gasteiger partial charge in [0, 0.05) is 24.3 Å². The van der Waals surface area contributed by atoms with Crippen LogP contribution in [0.5, 0.6) is 0 Å². The average molecular weight is 350 g/mol. The van der Waals surface area contributed by atoms with Crippen LogP contribution in [-0.4, -0.2) is 10.5 Å². The Kier molecular flexibility index (Phi) is 4.56. The van der Waals surface area contributed by atoms with Gasteiger partial charge in [-0.05, 0) is 43.4 Å². The molecule has 6 heteroatoms. The van der Waals surface area contributed by atoms with Gasteiger partial charge in [-0.15, -0.1) is 0 Å². The number of nitrogen functional groups attached to an aromatic ring is 1. The first kappa shape index (κ1) is 17.7. The minimum absolute atomic E-state index is 0.169. The second-order valence-corrected chi connectivity index (χ2v) is 6.81. The maximum absolute atomic E-state index is 12.6. The Morgan fingerprint density at radius 3 is 2.77 bits per heavy atom. The van der Waals surface area contributed by atoms with E-state index in [9.17, 15) is 9.59 Å². The van der Waals surface area contributed by atoms with Crippen molar-refractivity contribution < 1.29 is 4.79 Å². The summed E-state index contributed by atoms with van der Waals surface area (Å²) >= 11 is 0. The van der Waals surface area contributed by atoms with Crippen LogP contribution in [0.25, 0.3) is 0 Å². The lowest BCUT2D eigenvalue weighted by Gasteiger charge is -2.18. The highest BCUT2D eigenvalue weighted by Gasteiger charge is 2.43. The second-order valence-electron chi connectivity index (χ2n) is 6.81. The summed E-state index contributed by atoms with van der Waals surface area (Å²) in [4.78, 5) is 24.9. The Balaban J connectivity index is 1.84. The highest BCUT2D eigenvalue weighted by molar-refractivity contribution is 5.98. The number of rotatable bonds is 5. The summed E-state index contributed by atoms with van der Waals surface area (Å²) < 4.78 is 1.65. The molecule has 1 fully saturated rings. The number of hydrogen-bond donors (Lipinski definition) is 2. The smallest absolute Gasteiger partial charge is 0.255 e. The first-order chi connectivity index (χ1) is 12.4. The van der Waals surface area contributed by atoms with Crippen molar-refractivity contribution in [1.82, 2.24) is 9.88 Å². The fraction of sp³-hybridized carbons (Fsp3) is 0.350. The van der Waals surface area contributed by atoms with Gasteiger partial charge in [0.1, 0.15) is 0 Å². The number of carbonyl (C=O) groups excluding carboxylic acids is 1. The van der Waals surface area contributed by atoms with Gasteiger partial charge in [0.2, 0.25) is 0 Å². The molecule has 6 nitrogen and oxygen atoms in total. The molecule has 0 aliphatic heterocycles. The Bertz CT molecular complexity index is 965. The molecule has 1 aliphatic rings. The monoisotopic (exact) mass is 350 g/mol. The number of carbonyl (C=O) groups is 1. The van der Waals surface area contributed by atoms with E-state index >= 15 is 0 Å². The summed E-state index contributed by atoms with van der Waals surface area (Å²) in [6, 6.07) is 8.87. The number of nitriles is 1. The minimum atomic E-state index is -0.329. The summed E-state index contributed by atoms with van der Waals surface area (Å²) in [6.45, 7) is 4.19. The third-order valence-corrected chi connectivity index (χ3v) is 5.33. The lowest BCUT2D eigenvalue weighted by molar-refractivity contribution is 0.0950. The van der Waals surface area contributed by atoms with Crippen LogP contribution in [0.4, 0.5) is 5.69 Å². The molecule has 0 unspecified atom stereocenters. The first-order valence-electron chi connectivity index (χ1n) is 8.71. The zero-order chi connectivity index (χ0) is 18.9. The van der Waals surface area contributed by atoms with E-state index < -0.39 is 0 Å². The number of nitrogens with two attached hydrogens (primary N) is 1. The van der Waals surface area contributed by atoms with E-state index in [4.69, 9.17) is 11.0 Å². The molecule has 0 saturated heterocycles. The number of hydrogen-bond acceptors (Lipinski definition) is 4. The molecule has 3 N–H and O–H groups in total. The lowest BCUT2D eigenvalue weighted by Crippen LogP contribution is -2.33. The molecule has 0 radical (unpaired) electrons. The molecule has 134 valence electrons. The molecule has 0 bridgehead atoms. The SMILES string of the molecule is CCC1(n2cc(C(=O)NCc3cccc(C#N)c3C)c(N)cc2=O)CC1. The highest BCUT2D eigenvalue weighted by Crippen LogP contribution is 2.45. The van der Waals surface area contributed by atoms with Crippen molar-refractivity contribution in [2.75, 3.05) is 5.73 Å². The average Bonchev–Trinajstić information content (AvgIpc) is 3.41. The van der Waals surface area contributed by atoms with Gasteiger partial charge >= 0.3 is 0 Å². The van der Waals surface area contributed by atoms with Crippen molar-refractivity contribution in [3.05, 3.63) is 63.1 Å². The number of benzene rings is 1. The van der Waals surface area contributed by atoms with E-state index in [-0.39, 0.29) is 29.2 Å². The van der Waals surface area contributed by atoms with Crippen LogP contribution in [-0.2, 0) is 12.1 Å². The number of amides is 1. The molecule has 26 heavy (non-hydrogen) atoms. The summed E-state index contributed by atoms with van der Waals surface area (Å²) in [5.74, 6) is -0.329. The number of anilines is 1. The summed E-state index contributed by atoms with van der Waals surface area (Å²) in [6.07, 6.45) is 4.31. The van der Waals surface area contributed by atoms with Crippen LogP contribution in [0.1, 0.15) is 53.2 Å². The van der Waals surface area contributed by atoms with E-state index in [1.165, 1.54) is 6.07 Å². The number of nitrogens with one attached hydrogen (secondary N) is 1. The van der Waals surface area contributed by atoms with Crippen LogP contribution >= 0.6 is 0 Å². The van der Waals surface area contributed by atoms with E-state index in [1.807, 2.05) is 19.9 Å². The Hall–Kier alpha value is -3.07. The first-order valence-corrected chi connectivity index (χ1v) is 8.71. The largest absolute Gasteiger partial charge is 0.398 e. The molecule has 2 aromatic rings. The third-order valence-electron chi connectivity index (χ3n) is 5.33. The molecular weight excluding hydrogens is 328 g/mol. The van der Waals surface area contributed by atoms with E-state index in [1.54, 1.807) is 22.9 Å². The molecule has 0 spiro atoms. The molecule has 1 aliphatic carbocycles. The Labute approximate surface area is 152 Å². The maximum atomic E-state index is 12.6. The zero-order valence-electron chi connectivity index (χ0n) is 15.0. The number of nitrogens with zero attached hydrogens (tertiary/aromatic N) is 2. The van der Waals surface area contributed by atoms with Gasteiger partial charge in [-0.3, -0.25) is 9.59 Å². The van der Waals surface area contributed by atoms with Crippen molar-refractivity contribution in [2.45, 2.75) is 45.2 Å². The molecule has 1 aromatic carbocycles. The van der Waals surface area contributed by atoms with E-state index in [0.717, 1.165) is 30.4 Å². The van der Waals surface area contributed by atoms with Gasteiger partial charge in [-0.1, -0.05) is 19.1 Å². The fourth-order valence-corrected chi connectivity index (χ4v) is 3.28. The van der Waals surface area contributed by atoms with Crippen LogP contribution in [0.15, 0.2) is 35.3 Å². The Morgan fingerprint density at radius 2 is 2.15 bits per heavy atom. The van der Waals surface area contributed by atoms with Gasteiger partial charge in [0.05, 0.1) is 22.9 Å². The Morgan fingerprint density at radius 1 is 1.42 bits per heavy atom. The lowest BCUT2D eigenvalue weighted by atomic mass is 10.0. The second kappa shape index (κ2) is 6.68. The molecule has 1 aromatic heterocycles. The van der Waals surface area contributed by atoms with Crippen LogP contribution in [0.2, 0.25) is 0 Å². The molecule has 1 amide bonds. The van der Waals surface area contributed by atoms with Gasteiger partial charge in [-0.25, -0.2) is 0 Å². The predicted octanol–water partition coefficient (Wildman–Crippen LogP) is 2.44.